The lowest BCUT2D eigenvalue weighted by Crippen LogP contribution is -2.32. The molecule has 18 heavy (non-hydrogen) atoms. The van der Waals surface area contributed by atoms with Crippen LogP contribution in [-0.2, 0) is 11.2 Å². The Morgan fingerprint density at radius 2 is 2.17 bits per heavy atom. The van der Waals surface area contributed by atoms with Gasteiger partial charge in [-0.25, -0.2) is 4.98 Å². The van der Waals surface area contributed by atoms with E-state index in [4.69, 9.17) is 10.8 Å². The number of nitrogens with one attached hydrogen (secondary N) is 1. The van der Waals surface area contributed by atoms with Crippen LogP contribution >= 0.6 is 0 Å². The monoisotopic (exact) mass is 249 g/mol. The topological polar surface area (TPSA) is 122 Å². The Hall–Kier alpha value is -2.41. The van der Waals surface area contributed by atoms with E-state index < -0.39 is 16.9 Å². The minimum atomic E-state index is -1.19. The van der Waals surface area contributed by atoms with Crippen molar-refractivity contribution in [3.8, 4) is 0 Å². The van der Waals surface area contributed by atoms with Crippen molar-refractivity contribution in [1.29, 1.82) is 0 Å². The molecule has 7 heteroatoms. The molecule has 0 spiro atoms. The van der Waals surface area contributed by atoms with Gasteiger partial charge in [0.1, 0.15) is 11.6 Å². The Bertz CT molecular complexity index is 620. The summed E-state index contributed by atoms with van der Waals surface area (Å²) in [5.41, 5.74) is 6.35. The fourth-order valence-electron chi connectivity index (χ4n) is 1.86. The van der Waals surface area contributed by atoms with E-state index in [2.05, 4.69) is 4.98 Å². The van der Waals surface area contributed by atoms with Gasteiger partial charge in [-0.15, -0.1) is 0 Å². The fraction of sp³-hybridized carbons (Fsp3) is 0.182. The average molecular weight is 249 g/mol. The number of benzene rings is 1. The van der Waals surface area contributed by atoms with Gasteiger partial charge >= 0.3 is 11.8 Å². The molecule has 7 nitrogen and oxygen atoms in total. The van der Waals surface area contributed by atoms with Crippen LogP contribution in [0.3, 0.4) is 0 Å². The van der Waals surface area contributed by atoms with Gasteiger partial charge in [-0.05, 0) is 11.0 Å². The zero-order valence-electron chi connectivity index (χ0n) is 9.29. The van der Waals surface area contributed by atoms with Crippen LogP contribution in [0.25, 0.3) is 10.9 Å². The van der Waals surface area contributed by atoms with E-state index in [1.807, 2.05) is 0 Å². The minimum absolute atomic E-state index is 0.0876. The highest BCUT2D eigenvalue weighted by molar-refractivity contribution is 5.88. The normalized spacial score (nSPS) is 12.5. The molecule has 94 valence electrons. The second-order valence-electron chi connectivity index (χ2n) is 3.90. The Kier molecular flexibility index (Phi) is 2.99. The molecule has 0 aliphatic rings. The third-order valence-electron chi connectivity index (χ3n) is 2.71. The molecule has 0 saturated carbocycles. The SMILES string of the molecule is N[C@H](Cc1c([N+](=O)[O-])[nH]c2ccccc12)C(=O)O. The predicted molar refractivity (Wildman–Crippen MR) is 64.3 cm³/mol. The first-order chi connectivity index (χ1) is 8.50. The maximum Gasteiger partial charge on any atom is 0.325 e. The molecule has 1 aromatic carbocycles. The van der Waals surface area contributed by atoms with E-state index in [0.29, 0.717) is 16.5 Å². The Morgan fingerprint density at radius 3 is 2.78 bits per heavy atom. The summed E-state index contributed by atoms with van der Waals surface area (Å²) in [5.74, 6) is -1.39. The second-order valence-corrected chi connectivity index (χ2v) is 3.90. The number of carbonyl (C=O) groups is 1. The highest BCUT2D eigenvalue weighted by atomic mass is 16.6. The number of aromatic nitrogens is 1. The molecule has 2 rings (SSSR count). The van der Waals surface area contributed by atoms with Crippen LogP contribution in [0.4, 0.5) is 5.82 Å². The zero-order chi connectivity index (χ0) is 13.3. The number of nitro groups is 1. The number of H-pyrrole nitrogens is 1. The molecule has 0 radical (unpaired) electrons. The lowest BCUT2D eigenvalue weighted by Gasteiger charge is -2.05. The number of carboxylic acid groups (broad SMARTS) is 1. The van der Waals surface area contributed by atoms with Gasteiger partial charge in [0.15, 0.2) is 0 Å². The summed E-state index contributed by atoms with van der Waals surface area (Å²) in [5, 5.41) is 20.3. The van der Waals surface area contributed by atoms with Crippen LogP contribution in [0.5, 0.6) is 0 Å². The van der Waals surface area contributed by atoms with Crippen molar-refractivity contribution in [3.63, 3.8) is 0 Å². The third-order valence-corrected chi connectivity index (χ3v) is 2.71. The molecule has 2 aromatic rings. The van der Waals surface area contributed by atoms with Crippen molar-refractivity contribution in [1.82, 2.24) is 4.98 Å². The number of fused-ring (bicyclic) bond motifs is 1. The van der Waals surface area contributed by atoms with Gasteiger partial charge in [-0.3, -0.25) is 4.79 Å². The summed E-state index contributed by atoms with van der Waals surface area (Å²) in [7, 11) is 0. The van der Waals surface area contributed by atoms with Crippen molar-refractivity contribution >= 4 is 22.7 Å². The Balaban J connectivity index is 2.55. The maximum absolute atomic E-state index is 10.9. The third kappa shape index (κ3) is 2.03. The number of nitrogens with zero attached hydrogens (tertiary/aromatic N) is 1. The summed E-state index contributed by atoms with van der Waals surface area (Å²) in [6.07, 6.45) is -0.0876. The van der Waals surface area contributed by atoms with Gasteiger partial charge in [0.25, 0.3) is 0 Å². The number of aliphatic carboxylic acids is 1. The zero-order valence-corrected chi connectivity index (χ0v) is 9.29. The Labute approximate surface area is 101 Å². The number of aromatic amines is 1. The van der Waals surface area contributed by atoms with Crippen LogP contribution < -0.4 is 5.73 Å². The highest BCUT2D eigenvalue weighted by Gasteiger charge is 2.24. The van der Waals surface area contributed by atoms with Gasteiger partial charge in [0, 0.05) is 11.8 Å². The van der Waals surface area contributed by atoms with Crippen LogP contribution in [0.1, 0.15) is 5.56 Å². The number of nitrogens with two attached hydrogens (primary N) is 1. The van der Waals surface area contributed by atoms with Gasteiger partial charge < -0.3 is 21.0 Å². The van der Waals surface area contributed by atoms with Crippen molar-refractivity contribution in [2.24, 2.45) is 5.73 Å². The Morgan fingerprint density at radius 1 is 1.50 bits per heavy atom. The number of hydrogen-bond acceptors (Lipinski definition) is 4. The van der Waals surface area contributed by atoms with Crippen molar-refractivity contribution < 1.29 is 14.8 Å². The maximum atomic E-state index is 10.9. The first-order valence-corrected chi connectivity index (χ1v) is 5.23. The number of hydrogen-bond donors (Lipinski definition) is 3. The van der Waals surface area contributed by atoms with Crippen molar-refractivity contribution in [2.75, 3.05) is 0 Å². The smallest absolute Gasteiger partial charge is 0.325 e. The van der Waals surface area contributed by atoms with E-state index in [-0.39, 0.29) is 12.2 Å². The molecule has 0 fully saturated rings. The molecule has 0 saturated heterocycles. The molecule has 1 atom stereocenters. The highest BCUT2D eigenvalue weighted by Crippen LogP contribution is 2.28. The van der Waals surface area contributed by atoms with Crippen molar-refractivity contribution in [2.45, 2.75) is 12.5 Å². The molecular formula is C11H11N3O4. The fourth-order valence-corrected chi connectivity index (χ4v) is 1.86. The quantitative estimate of drug-likeness (QED) is 0.551. The summed E-state index contributed by atoms with van der Waals surface area (Å²) >= 11 is 0. The van der Waals surface area contributed by atoms with E-state index in [1.165, 1.54) is 0 Å². The van der Waals surface area contributed by atoms with Gasteiger partial charge in [0.2, 0.25) is 0 Å². The van der Waals surface area contributed by atoms with E-state index in [1.54, 1.807) is 24.3 Å². The van der Waals surface area contributed by atoms with Crippen LogP contribution in [0.2, 0.25) is 0 Å². The molecule has 0 unspecified atom stereocenters. The van der Waals surface area contributed by atoms with Gasteiger partial charge in [0.05, 0.1) is 5.56 Å². The second kappa shape index (κ2) is 4.46. The first-order valence-electron chi connectivity index (χ1n) is 5.23. The lowest BCUT2D eigenvalue weighted by atomic mass is 10.0. The minimum Gasteiger partial charge on any atom is -0.480 e. The number of rotatable bonds is 4. The molecule has 4 N–H and O–H groups in total. The molecule has 0 bridgehead atoms. The standard InChI is InChI=1S/C11H11N3O4/c12-8(11(15)16)5-7-6-3-1-2-4-9(6)13-10(7)14(17)18/h1-4,8,13H,5,12H2,(H,15,16)/t8-/m1/s1. The van der Waals surface area contributed by atoms with E-state index >= 15 is 0 Å². The summed E-state index contributed by atoms with van der Waals surface area (Å²) in [6.45, 7) is 0. The van der Waals surface area contributed by atoms with Gasteiger partial charge in [-0.2, -0.15) is 0 Å². The van der Waals surface area contributed by atoms with Gasteiger partial charge in [-0.1, -0.05) is 18.2 Å². The summed E-state index contributed by atoms with van der Waals surface area (Å²) < 4.78 is 0. The largest absolute Gasteiger partial charge is 0.480 e. The predicted octanol–water partition coefficient (Wildman–Crippen LogP) is 1.03. The first kappa shape index (κ1) is 12.1. The number of para-hydroxylation sites is 1. The molecule has 0 aliphatic carbocycles. The summed E-state index contributed by atoms with van der Waals surface area (Å²) in [6, 6.07) is 5.70. The van der Waals surface area contributed by atoms with Crippen molar-refractivity contribution in [3.05, 3.63) is 39.9 Å². The van der Waals surface area contributed by atoms with Crippen LogP contribution in [-0.4, -0.2) is 27.0 Å². The molecule has 1 heterocycles. The number of carboxylic acids is 1. The molecule has 0 amide bonds. The van der Waals surface area contributed by atoms with Crippen LogP contribution in [0.15, 0.2) is 24.3 Å². The lowest BCUT2D eigenvalue weighted by molar-refractivity contribution is -0.389. The molecule has 0 aliphatic heterocycles. The van der Waals surface area contributed by atoms with E-state index in [0.717, 1.165) is 0 Å². The average Bonchev–Trinajstić information content (AvgIpc) is 2.68. The van der Waals surface area contributed by atoms with E-state index in [9.17, 15) is 14.9 Å². The summed E-state index contributed by atoms with van der Waals surface area (Å²) in [4.78, 5) is 23.8. The molecular weight excluding hydrogens is 238 g/mol. The molecule has 1 aromatic heterocycles. The van der Waals surface area contributed by atoms with Crippen LogP contribution in [0, 0.1) is 10.1 Å².